The van der Waals surface area contributed by atoms with Crippen molar-refractivity contribution in [3.63, 3.8) is 0 Å². The van der Waals surface area contributed by atoms with Crippen LogP contribution in [0.3, 0.4) is 0 Å². The Labute approximate surface area is 93.3 Å². The summed E-state index contributed by atoms with van der Waals surface area (Å²) in [5.74, 6) is 0.687. The molecule has 1 aromatic heterocycles. The third kappa shape index (κ3) is 1.43. The maximum Gasteiger partial charge on any atom is 0.0798 e. The predicted molar refractivity (Wildman–Crippen MR) is 60.1 cm³/mol. The Bertz CT molecular complexity index is 366. The first-order valence-corrected chi connectivity index (χ1v) is 6.45. The van der Waals surface area contributed by atoms with E-state index in [1.807, 2.05) is 5.51 Å². The van der Waals surface area contributed by atoms with Crippen molar-refractivity contribution in [2.45, 2.75) is 43.1 Å². The van der Waals surface area contributed by atoms with E-state index in [1.54, 1.807) is 11.3 Å². The van der Waals surface area contributed by atoms with Gasteiger partial charge in [0.25, 0.3) is 0 Å². The summed E-state index contributed by atoms with van der Waals surface area (Å²) in [6, 6.07) is 0. The minimum Gasteiger partial charge on any atom is -0.393 e. The van der Waals surface area contributed by atoms with Gasteiger partial charge in [0.15, 0.2) is 0 Å². The molecule has 3 nitrogen and oxygen atoms in total. The molecule has 2 saturated carbocycles. The standard InChI is InChI=1S/C11H16N2OS/c12-5-11(3-8(14)4-11)10-9(7-1-2-7)13-6-15-10/h6-8,14H,1-5,12H2. The number of nitrogens with zero attached hydrogens (tertiary/aromatic N) is 1. The molecule has 0 aromatic carbocycles. The van der Waals surface area contributed by atoms with Crippen molar-refractivity contribution in [1.29, 1.82) is 0 Å². The fraction of sp³-hybridized carbons (Fsp3) is 0.727. The molecule has 0 amide bonds. The van der Waals surface area contributed by atoms with Crippen LogP contribution in [0.25, 0.3) is 0 Å². The van der Waals surface area contributed by atoms with Gasteiger partial charge >= 0.3 is 0 Å². The quantitative estimate of drug-likeness (QED) is 0.815. The number of thiazole rings is 1. The Hall–Kier alpha value is -0.450. The second-order valence-corrected chi connectivity index (χ2v) is 5.74. The van der Waals surface area contributed by atoms with Crippen molar-refractivity contribution in [2.24, 2.45) is 5.73 Å². The average molecular weight is 224 g/mol. The Balaban J connectivity index is 1.93. The minimum atomic E-state index is -0.150. The van der Waals surface area contributed by atoms with Gasteiger partial charge in [-0.3, -0.25) is 0 Å². The van der Waals surface area contributed by atoms with Gasteiger partial charge in [0.05, 0.1) is 17.3 Å². The van der Waals surface area contributed by atoms with Crippen molar-refractivity contribution in [3.8, 4) is 0 Å². The summed E-state index contributed by atoms with van der Waals surface area (Å²) < 4.78 is 0. The highest BCUT2D eigenvalue weighted by molar-refractivity contribution is 7.10. The van der Waals surface area contributed by atoms with Gasteiger partial charge in [0.2, 0.25) is 0 Å². The zero-order valence-electron chi connectivity index (χ0n) is 8.65. The molecule has 0 bridgehead atoms. The fourth-order valence-corrected chi connectivity index (χ4v) is 3.70. The van der Waals surface area contributed by atoms with Crippen molar-refractivity contribution >= 4 is 11.3 Å². The topological polar surface area (TPSA) is 59.1 Å². The van der Waals surface area contributed by atoms with E-state index in [0.29, 0.717) is 12.5 Å². The van der Waals surface area contributed by atoms with Crippen LogP contribution in [0.15, 0.2) is 5.51 Å². The van der Waals surface area contributed by atoms with Crippen molar-refractivity contribution in [1.82, 2.24) is 4.98 Å². The van der Waals surface area contributed by atoms with Gasteiger partial charge in [0.1, 0.15) is 0 Å². The number of nitrogens with two attached hydrogens (primary N) is 1. The molecule has 0 saturated heterocycles. The van der Waals surface area contributed by atoms with E-state index in [-0.39, 0.29) is 11.5 Å². The highest BCUT2D eigenvalue weighted by atomic mass is 32.1. The summed E-state index contributed by atoms with van der Waals surface area (Å²) >= 11 is 1.73. The van der Waals surface area contributed by atoms with Gasteiger partial charge in [-0.2, -0.15) is 0 Å². The molecule has 0 unspecified atom stereocenters. The monoisotopic (exact) mass is 224 g/mol. The van der Waals surface area contributed by atoms with E-state index in [4.69, 9.17) is 5.73 Å². The van der Waals surface area contributed by atoms with E-state index in [2.05, 4.69) is 4.98 Å². The van der Waals surface area contributed by atoms with Crippen molar-refractivity contribution < 1.29 is 5.11 Å². The Morgan fingerprint density at radius 1 is 1.53 bits per heavy atom. The Morgan fingerprint density at radius 3 is 2.80 bits per heavy atom. The second-order valence-electron chi connectivity index (χ2n) is 4.89. The first-order valence-electron chi connectivity index (χ1n) is 5.57. The van der Waals surface area contributed by atoms with E-state index >= 15 is 0 Å². The van der Waals surface area contributed by atoms with Crippen molar-refractivity contribution in [2.75, 3.05) is 6.54 Å². The van der Waals surface area contributed by atoms with E-state index in [9.17, 15) is 5.11 Å². The lowest BCUT2D eigenvalue weighted by atomic mass is 9.65. The molecule has 2 fully saturated rings. The third-order valence-corrected chi connectivity index (χ3v) is 4.77. The molecule has 4 heteroatoms. The minimum absolute atomic E-state index is 0.0541. The predicted octanol–water partition coefficient (Wildman–Crippen LogP) is 1.37. The summed E-state index contributed by atoms with van der Waals surface area (Å²) in [5.41, 5.74) is 9.14. The summed E-state index contributed by atoms with van der Waals surface area (Å²) in [6.07, 6.45) is 4.05. The highest BCUT2D eigenvalue weighted by Crippen LogP contribution is 2.51. The van der Waals surface area contributed by atoms with Gasteiger partial charge in [-0.25, -0.2) is 4.98 Å². The van der Waals surface area contributed by atoms with E-state index in [1.165, 1.54) is 23.4 Å². The van der Waals surface area contributed by atoms with Crippen LogP contribution in [0.5, 0.6) is 0 Å². The molecule has 0 atom stereocenters. The zero-order valence-corrected chi connectivity index (χ0v) is 9.46. The second kappa shape index (κ2) is 3.27. The third-order valence-electron chi connectivity index (χ3n) is 3.68. The Kier molecular flexibility index (Phi) is 2.13. The van der Waals surface area contributed by atoms with Crippen LogP contribution in [-0.2, 0) is 5.41 Å². The lowest BCUT2D eigenvalue weighted by Crippen LogP contribution is -2.49. The molecular formula is C11H16N2OS. The number of aliphatic hydroxyl groups is 1. The number of aliphatic hydroxyl groups excluding tert-OH is 1. The molecule has 1 aromatic rings. The maximum atomic E-state index is 9.49. The highest BCUT2D eigenvalue weighted by Gasteiger charge is 2.47. The van der Waals surface area contributed by atoms with Crippen LogP contribution in [0.2, 0.25) is 0 Å². The van der Waals surface area contributed by atoms with Gasteiger partial charge in [-0.05, 0) is 25.7 Å². The summed E-state index contributed by atoms with van der Waals surface area (Å²) in [4.78, 5) is 5.84. The zero-order chi connectivity index (χ0) is 10.5. The molecule has 2 aliphatic carbocycles. The van der Waals surface area contributed by atoms with Crippen LogP contribution in [-0.4, -0.2) is 22.7 Å². The van der Waals surface area contributed by atoms with E-state index < -0.39 is 0 Å². The van der Waals surface area contributed by atoms with Crippen molar-refractivity contribution in [3.05, 3.63) is 16.1 Å². The van der Waals surface area contributed by atoms with Gasteiger partial charge in [-0.1, -0.05) is 0 Å². The number of hydrogen-bond donors (Lipinski definition) is 2. The molecule has 0 aliphatic heterocycles. The lowest BCUT2D eigenvalue weighted by molar-refractivity contribution is 0.0234. The van der Waals surface area contributed by atoms with Crippen LogP contribution in [0.4, 0.5) is 0 Å². The molecule has 2 aliphatic rings. The summed E-state index contributed by atoms with van der Waals surface area (Å²) in [5, 5.41) is 9.49. The van der Waals surface area contributed by atoms with Gasteiger partial charge in [-0.15, -0.1) is 11.3 Å². The smallest absolute Gasteiger partial charge is 0.0798 e. The molecule has 3 rings (SSSR count). The summed E-state index contributed by atoms with van der Waals surface area (Å²) in [6.45, 7) is 0.645. The first kappa shape index (κ1) is 9.75. The number of rotatable bonds is 3. The van der Waals surface area contributed by atoms with Crippen LogP contribution in [0, 0.1) is 0 Å². The maximum absolute atomic E-state index is 9.49. The van der Waals surface area contributed by atoms with Crippen LogP contribution in [0.1, 0.15) is 42.2 Å². The average Bonchev–Trinajstić information content (AvgIpc) is 2.92. The number of hydrogen-bond acceptors (Lipinski definition) is 4. The molecule has 3 N–H and O–H groups in total. The molecule has 1 heterocycles. The molecule has 0 radical (unpaired) electrons. The molecular weight excluding hydrogens is 208 g/mol. The van der Waals surface area contributed by atoms with Crippen LogP contribution < -0.4 is 5.73 Å². The fourth-order valence-electron chi connectivity index (χ4n) is 2.59. The summed E-state index contributed by atoms with van der Waals surface area (Å²) in [7, 11) is 0. The van der Waals surface area contributed by atoms with E-state index in [0.717, 1.165) is 12.8 Å². The lowest BCUT2D eigenvalue weighted by Gasteiger charge is -2.44. The number of aromatic nitrogens is 1. The normalized spacial score (nSPS) is 35.2. The largest absolute Gasteiger partial charge is 0.393 e. The molecule has 82 valence electrons. The van der Waals surface area contributed by atoms with Gasteiger partial charge in [0, 0.05) is 22.8 Å². The molecule has 0 spiro atoms. The SMILES string of the molecule is NCC1(c2scnc2C2CC2)CC(O)C1. The first-order chi connectivity index (χ1) is 7.25. The van der Waals surface area contributed by atoms with Crippen LogP contribution >= 0.6 is 11.3 Å². The Morgan fingerprint density at radius 2 is 2.27 bits per heavy atom. The van der Waals surface area contributed by atoms with Gasteiger partial charge < -0.3 is 10.8 Å². The molecule has 15 heavy (non-hydrogen) atoms.